The summed E-state index contributed by atoms with van der Waals surface area (Å²) in [6.45, 7) is 4.42. The number of rotatable bonds is 7. The lowest BCUT2D eigenvalue weighted by Crippen LogP contribution is -2.49. The van der Waals surface area contributed by atoms with Gasteiger partial charge < -0.3 is 10.6 Å². The van der Waals surface area contributed by atoms with E-state index in [4.69, 9.17) is 5.73 Å². The van der Waals surface area contributed by atoms with Crippen molar-refractivity contribution in [3.05, 3.63) is 65.9 Å². The van der Waals surface area contributed by atoms with Gasteiger partial charge in [0.1, 0.15) is 4.90 Å². The highest BCUT2D eigenvalue weighted by Gasteiger charge is 2.28. The zero-order chi connectivity index (χ0) is 23.7. The molecule has 1 aromatic heterocycles. The molecule has 2 aromatic carbocycles. The van der Waals surface area contributed by atoms with E-state index < -0.39 is 10.0 Å². The maximum atomic E-state index is 13.2. The average Bonchev–Trinajstić information content (AvgIpc) is 3.68. The Labute approximate surface area is 199 Å². The fourth-order valence-electron chi connectivity index (χ4n) is 4.47. The van der Waals surface area contributed by atoms with E-state index in [9.17, 15) is 13.2 Å². The summed E-state index contributed by atoms with van der Waals surface area (Å²) in [5.74, 6) is 0.795. The van der Waals surface area contributed by atoms with Crippen molar-refractivity contribution in [2.75, 3.05) is 37.4 Å². The topological polar surface area (TPSA) is 109 Å². The Morgan fingerprint density at radius 1 is 1.06 bits per heavy atom. The number of pyridine rings is 1. The number of aromatic nitrogens is 1. The predicted octanol–water partition coefficient (Wildman–Crippen LogP) is 2.66. The molecule has 1 aliphatic heterocycles. The number of carbonyl (C=O) groups is 1. The zero-order valence-corrected chi connectivity index (χ0v) is 19.8. The molecule has 0 radical (unpaired) electrons. The largest absolute Gasteiger partial charge is 0.336 e. The van der Waals surface area contributed by atoms with Crippen molar-refractivity contribution in [2.24, 2.45) is 11.7 Å². The number of benzene rings is 2. The minimum absolute atomic E-state index is 0.0477. The fourth-order valence-corrected chi connectivity index (χ4v) is 5.75. The third-order valence-electron chi connectivity index (χ3n) is 6.57. The number of amides is 1. The molecule has 2 heterocycles. The average molecular weight is 480 g/mol. The van der Waals surface area contributed by atoms with E-state index in [1.165, 1.54) is 18.9 Å². The number of hydrogen-bond acceptors (Lipinski definition) is 6. The van der Waals surface area contributed by atoms with Crippen LogP contribution in [0.4, 0.5) is 5.69 Å². The van der Waals surface area contributed by atoms with Gasteiger partial charge in [0.2, 0.25) is 0 Å². The molecule has 5 rings (SSSR count). The third kappa shape index (κ3) is 4.77. The summed E-state index contributed by atoms with van der Waals surface area (Å²) in [7, 11) is -3.91. The van der Waals surface area contributed by atoms with Crippen molar-refractivity contribution in [2.45, 2.75) is 24.3 Å². The lowest BCUT2D eigenvalue weighted by Gasteiger charge is -2.35. The number of carbonyl (C=O) groups excluding carboxylic acids is 1. The number of nitrogens with one attached hydrogen (secondary N) is 1. The molecule has 9 heteroatoms. The lowest BCUT2D eigenvalue weighted by atomic mass is 10.1. The minimum Gasteiger partial charge on any atom is -0.336 e. The Hall–Kier alpha value is -3.01. The van der Waals surface area contributed by atoms with Crippen LogP contribution >= 0.6 is 0 Å². The van der Waals surface area contributed by atoms with Crippen LogP contribution < -0.4 is 10.5 Å². The molecule has 1 amide bonds. The maximum Gasteiger partial charge on any atom is 0.264 e. The summed E-state index contributed by atoms with van der Waals surface area (Å²) < 4.78 is 29.0. The first-order chi connectivity index (χ1) is 16.4. The van der Waals surface area contributed by atoms with Crippen LogP contribution in [0.25, 0.3) is 10.9 Å². The van der Waals surface area contributed by atoms with Crippen LogP contribution in [0.2, 0.25) is 0 Å². The molecule has 3 aromatic rings. The van der Waals surface area contributed by atoms with Crippen LogP contribution in [0.1, 0.15) is 28.8 Å². The van der Waals surface area contributed by atoms with Gasteiger partial charge in [-0.25, -0.2) is 8.42 Å². The zero-order valence-electron chi connectivity index (χ0n) is 19.0. The molecule has 0 unspecified atom stereocenters. The second kappa shape index (κ2) is 9.32. The summed E-state index contributed by atoms with van der Waals surface area (Å²) in [6.07, 6.45) is 4.22. The Balaban J connectivity index is 1.33. The van der Waals surface area contributed by atoms with E-state index in [1.807, 2.05) is 17.0 Å². The van der Waals surface area contributed by atoms with Gasteiger partial charge in [0, 0.05) is 56.4 Å². The van der Waals surface area contributed by atoms with Crippen molar-refractivity contribution >= 4 is 32.5 Å². The van der Waals surface area contributed by atoms with Crippen LogP contribution in [-0.2, 0) is 16.6 Å². The number of fused-ring (bicyclic) bond motifs is 1. The number of sulfonamides is 1. The van der Waals surface area contributed by atoms with Crippen LogP contribution in [0.15, 0.2) is 59.6 Å². The fraction of sp³-hybridized carbons (Fsp3) is 0.360. The van der Waals surface area contributed by atoms with E-state index in [2.05, 4.69) is 14.6 Å². The van der Waals surface area contributed by atoms with Crippen molar-refractivity contribution in [1.82, 2.24) is 14.8 Å². The molecule has 0 atom stereocenters. The number of nitrogens with zero attached hydrogens (tertiary/aromatic N) is 3. The van der Waals surface area contributed by atoms with Gasteiger partial charge in [0.15, 0.2) is 0 Å². The predicted molar refractivity (Wildman–Crippen MR) is 132 cm³/mol. The second-order valence-electron chi connectivity index (χ2n) is 9.05. The summed E-state index contributed by atoms with van der Waals surface area (Å²) in [4.78, 5) is 21.7. The highest BCUT2D eigenvalue weighted by molar-refractivity contribution is 7.93. The Morgan fingerprint density at radius 3 is 2.56 bits per heavy atom. The van der Waals surface area contributed by atoms with Gasteiger partial charge in [-0.15, -0.1) is 0 Å². The minimum atomic E-state index is -3.91. The molecular weight excluding hydrogens is 450 g/mol. The van der Waals surface area contributed by atoms with Gasteiger partial charge in [-0.1, -0.05) is 18.2 Å². The van der Waals surface area contributed by atoms with Crippen LogP contribution in [0.5, 0.6) is 0 Å². The quantitative estimate of drug-likeness (QED) is 0.539. The van der Waals surface area contributed by atoms with Crippen molar-refractivity contribution in [1.29, 1.82) is 0 Å². The van der Waals surface area contributed by atoms with Gasteiger partial charge in [-0.2, -0.15) is 0 Å². The third-order valence-corrected chi connectivity index (χ3v) is 7.97. The summed E-state index contributed by atoms with van der Waals surface area (Å²) in [6, 6.07) is 13.6. The van der Waals surface area contributed by atoms with Gasteiger partial charge in [-0.05, 0) is 54.7 Å². The van der Waals surface area contributed by atoms with E-state index >= 15 is 0 Å². The van der Waals surface area contributed by atoms with Gasteiger partial charge in [0.25, 0.3) is 15.9 Å². The van der Waals surface area contributed by atoms with E-state index in [-0.39, 0.29) is 17.3 Å². The maximum absolute atomic E-state index is 13.2. The number of nitrogens with two attached hydrogens (primary N) is 1. The summed E-state index contributed by atoms with van der Waals surface area (Å²) in [5.41, 5.74) is 7.79. The van der Waals surface area contributed by atoms with E-state index in [1.54, 1.807) is 36.5 Å². The van der Waals surface area contributed by atoms with Crippen molar-refractivity contribution in [3.63, 3.8) is 0 Å². The van der Waals surface area contributed by atoms with Crippen molar-refractivity contribution < 1.29 is 13.2 Å². The number of hydrogen-bond donors (Lipinski definition) is 2. The first kappa shape index (κ1) is 22.8. The smallest absolute Gasteiger partial charge is 0.264 e. The molecule has 0 spiro atoms. The number of piperazine rings is 1. The Kier molecular flexibility index (Phi) is 6.24. The molecule has 2 aliphatic rings. The van der Waals surface area contributed by atoms with Crippen LogP contribution in [0.3, 0.4) is 0 Å². The second-order valence-corrected chi connectivity index (χ2v) is 10.7. The number of anilines is 1. The number of para-hydroxylation sites is 1. The van der Waals surface area contributed by atoms with Crippen LogP contribution in [-0.4, -0.2) is 61.8 Å². The molecule has 34 heavy (non-hydrogen) atoms. The van der Waals surface area contributed by atoms with E-state index in [0.29, 0.717) is 35.4 Å². The van der Waals surface area contributed by atoms with E-state index in [0.717, 1.165) is 30.9 Å². The monoisotopic (exact) mass is 479 g/mol. The Bertz CT molecular complexity index is 1310. The molecular formula is C25H29N5O3S. The molecule has 178 valence electrons. The van der Waals surface area contributed by atoms with Gasteiger partial charge in [0.05, 0.1) is 11.2 Å². The molecule has 0 bridgehead atoms. The molecule has 2 fully saturated rings. The molecule has 3 N–H and O–H groups in total. The first-order valence-corrected chi connectivity index (χ1v) is 13.1. The highest BCUT2D eigenvalue weighted by atomic mass is 32.2. The van der Waals surface area contributed by atoms with Gasteiger partial charge >= 0.3 is 0 Å². The molecule has 8 nitrogen and oxygen atoms in total. The molecule has 1 saturated carbocycles. The SMILES string of the molecule is NCc1cc(C(=O)N2CCN(CC3CC3)CC2)ccc1NS(=O)(=O)c1cccc2cccnc12. The summed E-state index contributed by atoms with van der Waals surface area (Å²) >= 11 is 0. The standard InChI is InChI=1S/C25H29N5O3S/c26-16-21-15-20(25(31)30-13-11-29(12-14-30)17-18-6-7-18)8-9-22(21)28-34(32,33)23-5-1-3-19-4-2-10-27-24(19)23/h1-5,8-10,15,18,28H,6-7,11-14,16-17,26H2. The normalized spacial score (nSPS) is 17.1. The molecule has 1 saturated heterocycles. The van der Waals surface area contributed by atoms with Crippen molar-refractivity contribution in [3.8, 4) is 0 Å². The van der Waals surface area contributed by atoms with Gasteiger partial charge in [-0.3, -0.25) is 19.4 Å². The Morgan fingerprint density at radius 2 is 1.82 bits per heavy atom. The first-order valence-electron chi connectivity index (χ1n) is 11.7. The highest BCUT2D eigenvalue weighted by Crippen LogP contribution is 2.30. The van der Waals surface area contributed by atoms with Crippen LogP contribution in [0, 0.1) is 5.92 Å². The molecule has 1 aliphatic carbocycles. The lowest BCUT2D eigenvalue weighted by molar-refractivity contribution is 0.0632. The summed E-state index contributed by atoms with van der Waals surface area (Å²) in [5, 5.41) is 0.739.